The molecule has 2 saturated heterocycles. The predicted molar refractivity (Wildman–Crippen MR) is 132 cm³/mol. The van der Waals surface area contributed by atoms with Crippen molar-refractivity contribution < 1.29 is 18.7 Å². The van der Waals surface area contributed by atoms with E-state index < -0.39 is 23.6 Å². The van der Waals surface area contributed by atoms with E-state index in [4.69, 9.17) is 9.47 Å². The van der Waals surface area contributed by atoms with Gasteiger partial charge in [-0.05, 0) is 54.1 Å². The maximum Gasteiger partial charge on any atom is 0.410 e. The summed E-state index contributed by atoms with van der Waals surface area (Å²) in [5.41, 5.74) is -0.256. The fourth-order valence-electron chi connectivity index (χ4n) is 4.67. The van der Waals surface area contributed by atoms with E-state index in [-0.39, 0.29) is 29.7 Å². The van der Waals surface area contributed by atoms with Crippen molar-refractivity contribution in [2.75, 3.05) is 44.7 Å². The van der Waals surface area contributed by atoms with Gasteiger partial charge in [-0.3, -0.25) is 4.98 Å². The zero-order valence-electron chi connectivity index (χ0n) is 21.6. The van der Waals surface area contributed by atoms with Gasteiger partial charge in [-0.15, -0.1) is 0 Å². The summed E-state index contributed by atoms with van der Waals surface area (Å²) in [5, 5.41) is 9.89. The molecule has 0 aromatic carbocycles. The van der Waals surface area contributed by atoms with E-state index in [2.05, 4.69) is 33.0 Å². The van der Waals surface area contributed by atoms with E-state index in [0.717, 1.165) is 19.4 Å². The molecular weight excluding hydrogens is 465 g/mol. The normalized spacial score (nSPS) is 21.0. The fourth-order valence-corrected chi connectivity index (χ4v) is 4.67. The Hall–Kier alpha value is -3.26. The number of fused-ring (bicyclic) bond motifs is 1. The first-order valence-electron chi connectivity index (χ1n) is 12.3. The molecule has 36 heavy (non-hydrogen) atoms. The standard InChI is InChI=1S/C25H34FN7O3/c1-16-20(26)21-19(13-28-16)22(30-23(29-21)35-15-18-7-6-10-31(18)5)32-11-12-33(17(14-32)8-9-27)24(34)36-25(2,3)4/h13,17-18H,6-8,10-12,14-15H2,1-5H3/t17-,18-/m0/s1. The zero-order chi connectivity index (χ0) is 26.0. The number of amides is 1. The van der Waals surface area contributed by atoms with Crippen LogP contribution in [0.5, 0.6) is 6.01 Å². The van der Waals surface area contributed by atoms with Crippen LogP contribution in [0.3, 0.4) is 0 Å². The lowest BCUT2D eigenvalue weighted by Gasteiger charge is -2.41. The summed E-state index contributed by atoms with van der Waals surface area (Å²) in [6, 6.07) is 2.12. The average molecular weight is 500 g/mol. The average Bonchev–Trinajstić information content (AvgIpc) is 3.23. The van der Waals surface area contributed by atoms with Crippen molar-refractivity contribution in [3.8, 4) is 12.1 Å². The number of pyridine rings is 1. The largest absolute Gasteiger partial charge is 0.462 e. The lowest BCUT2D eigenvalue weighted by molar-refractivity contribution is 0.0145. The highest BCUT2D eigenvalue weighted by Gasteiger charge is 2.35. The van der Waals surface area contributed by atoms with Crippen LogP contribution < -0.4 is 9.64 Å². The lowest BCUT2D eigenvalue weighted by atomic mass is 10.1. The van der Waals surface area contributed by atoms with Crippen LogP contribution in [-0.4, -0.2) is 88.4 Å². The van der Waals surface area contributed by atoms with Gasteiger partial charge < -0.3 is 24.2 Å². The number of aromatic nitrogens is 3. The smallest absolute Gasteiger partial charge is 0.410 e. The number of rotatable bonds is 5. The Balaban J connectivity index is 1.64. The molecule has 2 aromatic heterocycles. The van der Waals surface area contributed by atoms with Crippen molar-refractivity contribution >= 4 is 22.8 Å². The topological polar surface area (TPSA) is 108 Å². The Bertz CT molecular complexity index is 1160. The van der Waals surface area contributed by atoms with Gasteiger partial charge in [-0.1, -0.05) is 0 Å². The summed E-state index contributed by atoms with van der Waals surface area (Å²) in [4.78, 5) is 31.8. The number of piperazine rings is 1. The third-order valence-corrected chi connectivity index (χ3v) is 6.63. The summed E-state index contributed by atoms with van der Waals surface area (Å²) in [6.07, 6.45) is 3.37. The van der Waals surface area contributed by atoms with Crippen LogP contribution in [-0.2, 0) is 4.74 Å². The number of likely N-dealkylation sites (N-methyl/N-ethyl adjacent to an activating group) is 1. The minimum atomic E-state index is -0.644. The molecule has 10 nitrogen and oxygen atoms in total. The monoisotopic (exact) mass is 499 g/mol. The van der Waals surface area contributed by atoms with Gasteiger partial charge in [0.25, 0.3) is 0 Å². The van der Waals surface area contributed by atoms with Crippen LogP contribution in [0, 0.1) is 24.1 Å². The van der Waals surface area contributed by atoms with Crippen molar-refractivity contribution in [3.05, 3.63) is 17.7 Å². The van der Waals surface area contributed by atoms with E-state index >= 15 is 4.39 Å². The highest BCUT2D eigenvalue weighted by molar-refractivity contribution is 5.90. The number of nitrogens with zero attached hydrogens (tertiary/aromatic N) is 7. The maximum absolute atomic E-state index is 15.1. The van der Waals surface area contributed by atoms with Crippen LogP contribution in [0.2, 0.25) is 0 Å². The Labute approximate surface area is 211 Å². The molecule has 11 heteroatoms. The SMILES string of the molecule is Cc1ncc2c(N3CCN(C(=O)OC(C)(C)C)[C@@H](CC#N)C3)nc(OC[C@@H]3CCCN3C)nc2c1F. The molecule has 0 N–H and O–H groups in total. The first-order valence-corrected chi connectivity index (χ1v) is 12.3. The van der Waals surface area contributed by atoms with Crippen LogP contribution in [0.4, 0.5) is 15.0 Å². The molecule has 0 radical (unpaired) electrons. The second-order valence-electron chi connectivity index (χ2n) is 10.5. The van der Waals surface area contributed by atoms with Crippen LogP contribution in [0.25, 0.3) is 10.9 Å². The zero-order valence-corrected chi connectivity index (χ0v) is 21.6. The third kappa shape index (κ3) is 5.59. The van der Waals surface area contributed by atoms with Crippen molar-refractivity contribution in [2.45, 2.75) is 64.6 Å². The predicted octanol–water partition coefficient (Wildman–Crippen LogP) is 3.28. The van der Waals surface area contributed by atoms with Gasteiger partial charge in [-0.25, -0.2) is 9.18 Å². The Morgan fingerprint density at radius 2 is 2.03 bits per heavy atom. The highest BCUT2D eigenvalue weighted by atomic mass is 19.1. The first-order chi connectivity index (χ1) is 17.1. The molecule has 2 aliphatic rings. The summed E-state index contributed by atoms with van der Waals surface area (Å²) in [6.45, 7) is 9.53. The summed E-state index contributed by atoms with van der Waals surface area (Å²) in [5.74, 6) is -0.0343. The molecule has 0 saturated carbocycles. The molecule has 2 aromatic rings. The molecule has 0 aliphatic carbocycles. The molecule has 4 heterocycles. The second kappa shape index (κ2) is 10.4. The number of nitriles is 1. The number of carbonyl (C=O) groups is 1. The molecule has 2 fully saturated rings. The molecular formula is C25H34FN7O3. The number of aryl methyl sites for hydroxylation is 1. The molecule has 0 bridgehead atoms. The quantitative estimate of drug-likeness (QED) is 0.612. The van der Waals surface area contributed by atoms with Crippen LogP contribution in [0.15, 0.2) is 6.20 Å². The second-order valence-corrected chi connectivity index (χ2v) is 10.5. The number of anilines is 1. The van der Waals surface area contributed by atoms with Crippen LogP contribution >= 0.6 is 0 Å². The molecule has 2 aliphatic heterocycles. The van der Waals surface area contributed by atoms with E-state index in [0.29, 0.717) is 37.4 Å². The molecule has 4 rings (SSSR count). The maximum atomic E-state index is 15.1. The Morgan fingerprint density at radius 3 is 2.69 bits per heavy atom. The van der Waals surface area contributed by atoms with Gasteiger partial charge >= 0.3 is 12.1 Å². The van der Waals surface area contributed by atoms with Crippen molar-refractivity contribution in [2.24, 2.45) is 0 Å². The van der Waals surface area contributed by atoms with Gasteiger partial charge in [0.2, 0.25) is 0 Å². The first kappa shape index (κ1) is 25.8. The molecule has 1 amide bonds. The number of likely N-dealkylation sites (tertiary alicyclic amines) is 1. The minimum absolute atomic E-state index is 0.105. The molecule has 2 atom stereocenters. The van der Waals surface area contributed by atoms with E-state index in [1.807, 2.05) is 25.7 Å². The summed E-state index contributed by atoms with van der Waals surface area (Å²) >= 11 is 0. The van der Waals surface area contributed by atoms with Gasteiger partial charge in [0.15, 0.2) is 5.82 Å². The van der Waals surface area contributed by atoms with E-state index in [1.54, 1.807) is 18.0 Å². The van der Waals surface area contributed by atoms with Crippen LogP contribution in [0.1, 0.15) is 45.7 Å². The number of halogens is 1. The van der Waals surface area contributed by atoms with Gasteiger partial charge in [0.05, 0.1) is 29.6 Å². The Morgan fingerprint density at radius 1 is 1.25 bits per heavy atom. The van der Waals surface area contributed by atoms with Gasteiger partial charge in [0.1, 0.15) is 23.5 Å². The number of hydrogen-bond acceptors (Lipinski definition) is 9. The van der Waals surface area contributed by atoms with E-state index in [1.165, 1.54) is 0 Å². The lowest BCUT2D eigenvalue weighted by Crippen LogP contribution is -2.56. The number of carbonyl (C=O) groups excluding carboxylic acids is 1. The minimum Gasteiger partial charge on any atom is -0.462 e. The number of ether oxygens (including phenoxy) is 2. The fraction of sp³-hybridized carbons (Fsp3) is 0.640. The van der Waals surface area contributed by atoms with Gasteiger partial charge in [0, 0.05) is 31.9 Å². The molecule has 0 unspecified atom stereocenters. The Kier molecular flexibility index (Phi) is 7.45. The highest BCUT2D eigenvalue weighted by Crippen LogP contribution is 2.31. The molecule has 194 valence electrons. The summed E-state index contributed by atoms with van der Waals surface area (Å²) in [7, 11) is 2.06. The summed E-state index contributed by atoms with van der Waals surface area (Å²) < 4.78 is 26.6. The number of hydrogen-bond donors (Lipinski definition) is 0. The van der Waals surface area contributed by atoms with Crippen molar-refractivity contribution in [1.82, 2.24) is 24.8 Å². The van der Waals surface area contributed by atoms with Crippen molar-refractivity contribution in [3.63, 3.8) is 0 Å². The third-order valence-electron chi connectivity index (χ3n) is 6.63. The van der Waals surface area contributed by atoms with E-state index in [9.17, 15) is 10.1 Å². The van der Waals surface area contributed by atoms with Gasteiger partial charge in [-0.2, -0.15) is 15.2 Å². The van der Waals surface area contributed by atoms with Crippen molar-refractivity contribution in [1.29, 1.82) is 5.26 Å². The molecule has 0 spiro atoms.